The molecule has 0 saturated heterocycles. The number of carbonyl (C=O) groups is 1. The lowest BCUT2D eigenvalue weighted by Gasteiger charge is -2.25. The number of hydrogen-bond donors (Lipinski definition) is 2. The van der Waals surface area contributed by atoms with E-state index in [1.54, 1.807) is 6.20 Å². The largest absolute Gasteiger partial charge is 0.385 e. The smallest absolute Gasteiger partial charge is 0.228 e. The summed E-state index contributed by atoms with van der Waals surface area (Å²) in [7, 11) is 1.92. The molecule has 3 rings (SSSR count). The summed E-state index contributed by atoms with van der Waals surface area (Å²) in [6.45, 7) is 1.30. The Morgan fingerprint density at radius 3 is 3.15 bits per heavy atom. The first-order valence-electron chi connectivity index (χ1n) is 6.82. The molecule has 1 unspecified atom stereocenters. The van der Waals surface area contributed by atoms with Crippen molar-refractivity contribution in [3.8, 4) is 0 Å². The van der Waals surface area contributed by atoms with Gasteiger partial charge < -0.3 is 15.2 Å². The van der Waals surface area contributed by atoms with Crippen LogP contribution in [0.4, 0.5) is 5.69 Å². The van der Waals surface area contributed by atoms with Gasteiger partial charge in [0.15, 0.2) is 0 Å². The van der Waals surface area contributed by atoms with Crippen LogP contribution in [0.2, 0.25) is 0 Å². The first-order valence-corrected chi connectivity index (χ1v) is 6.82. The lowest BCUT2D eigenvalue weighted by molar-refractivity contribution is -0.122. The monoisotopic (exact) mass is 270 g/mol. The first-order chi connectivity index (χ1) is 9.75. The average Bonchev–Trinajstić information content (AvgIpc) is 2.89. The third-order valence-corrected chi connectivity index (χ3v) is 3.74. The number of amides is 1. The molecule has 1 aliphatic rings. The van der Waals surface area contributed by atoms with Crippen LogP contribution >= 0.6 is 0 Å². The summed E-state index contributed by atoms with van der Waals surface area (Å²) in [5, 5.41) is 6.32. The molecule has 5 nitrogen and oxygen atoms in total. The number of rotatable bonds is 3. The van der Waals surface area contributed by atoms with Gasteiger partial charge in [0, 0.05) is 31.7 Å². The second-order valence-electron chi connectivity index (χ2n) is 5.03. The van der Waals surface area contributed by atoms with Gasteiger partial charge in [-0.1, -0.05) is 18.2 Å². The molecule has 1 aromatic carbocycles. The highest BCUT2D eigenvalue weighted by atomic mass is 16.1. The standard InChI is InChI=1S/C15H18N4O/c1-19-9-8-17-14(19)10-18-15(20)12-6-7-16-13-5-3-2-4-11(12)13/h2-5,8-9,12,16H,6-7,10H2,1H3,(H,18,20). The van der Waals surface area contributed by atoms with Crippen LogP contribution in [0.25, 0.3) is 0 Å². The molecule has 104 valence electrons. The molecule has 20 heavy (non-hydrogen) atoms. The molecule has 1 aliphatic heterocycles. The normalized spacial score (nSPS) is 17.1. The van der Waals surface area contributed by atoms with Crippen LogP contribution in [0.3, 0.4) is 0 Å². The highest BCUT2D eigenvalue weighted by molar-refractivity contribution is 5.86. The van der Waals surface area contributed by atoms with Crippen molar-refractivity contribution in [2.45, 2.75) is 18.9 Å². The van der Waals surface area contributed by atoms with Crippen LogP contribution in [-0.2, 0) is 18.4 Å². The number of fused-ring (bicyclic) bond motifs is 1. The fraction of sp³-hybridized carbons (Fsp3) is 0.333. The van der Waals surface area contributed by atoms with Crippen molar-refractivity contribution in [3.63, 3.8) is 0 Å². The number of aryl methyl sites for hydroxylation is 1. The SMILES string of the molecule is Cn1ccnc1CNC(=O)C1CCNc2ccccc21. The zero-order valence-electron chi connectivity index (χ0n) is 11.5. The number of nitrogens with one attached hydrogen (secondary N) is 2. The van der Waals surface area contributed by atoms with E-state index in [0.717, 1.165) is 30.0 Å². The van der Waals surface area contributed by atoms with Crippen molar-refractivity contribution in [3.05, 3.63) is 48.0 Å². The first kappa shape index (κ1) is 12.7. The van der Waals surface area contributed by atoms with Crippen LogP contribution in [-0.4, -0.2) is 22.0 Å². The number of benzene rings is 1. The molecule has 1 amide bonds. The molecule has 0 saturated carbocycles. The molecule has 2 N–H and O–H groups in total. The Hall–Kier alpha value is -2.30. The molecule has 2 aromatic rings. The fourth-order valence-corrected chi connectivity index (χ4v) is 2.60. The molecule has 0 radical (unpaired) electrons. The maximum absolute atomic E-state index is 12.4. The van der Waals surface area contributed by atoms with E-state index >= 15 is 0 Å². The van der Waals surface area contributed by atoms with E-state index in [9.17, 15) is 4.79 Å². The number of anilines is 1. The van der Waals surface area contributed by atoms with Crippen LogP contribution in [0.15, 0.2) is 36.7 Å². The number of carbonyl (C=O) groups excluding carboxylic acids is 1. The summed E-state index contributed by atoms with van der Waals surface area (Å²) >= 11 is 0. The molecule has 0 bridgehead atoms. The third-order valence-electron chi connectivity index (χ3n) is 3.74. The summed E-state index contributed by atoms with van der Waals surface area (Å²) in [6.07, 6.45) is 4.44. The van der Waals surface area contributed by atoms with E-state index in [2.05, 4.69) is 15.6 Å². The van der Waals surface area contributed by atoms with Crippen LogP contribution in [0.5, 0.6) is 0 Å². The van der Waals surface area contributed by atoms with Gasteiger partial charge in [-0.15, -0.1) is 0 Å². The molecular weight excluding hydrogens is 252 g/mol. The highest BCUT2D eigenvalue weighted by Crippen LogP contribution is 2.31. The highest BCUT2D eigenvalue weighted by Gasteiger charge is 2.25. The molecule has 0 spiro atoms. The summed E-state index contributed by atoms with van der Waals surface area (Å²) in [5.74, 6) is 0.857. The summed E-state index contributed by atoms with van der Waals surface area (Å²) in [6, 6.07) is 8.00. The van der Waals surface area contributed by atoms with E-state index in [-0.39, 0.29) is 11.8 Å². The van der Waals surface area contributed by atoms with Gasteiger partial charge in [-0.3, -0.25) is 4.79 Å². The average molecular weight is 270 g/mol. The van der Waals surface area contributed by atoms with Crippen LogP contribution in [0, 0.1) is 0 Å². The van der Waals surface area contributed by atoms with Gasteiger partial charge in [-0.2, -0.15) is 0 Å². The summed E-state index contributed by atoms with van der Waals surface area (Å²) in [4.78, 5) is 16.6. The minimum absolute atomic E-state index is 0.0713. The van der Waals surface area contributed by atoms with Crippen molar-refractivity contribution >= 4 is 11.6 Å². The molecule has 1 aromatic heterocycles. The quantitative estimate of drug-likeness (QED) is 0.891. The third kappa shape index (κ3) is 2.39. The van der Waals surface area contributed by atoms with Crippen molar-refractivity contribution in [2.75, 3.05) is 11.9 Å². The molecule has 0 aliphatic carbocycles. The van der Waals surface area contributed by atoms with E-state index in [4.69, 9.17) is 0 Å². The van der Waals surface area contributed by atoms with Crippen molar-refractivity contribution in [1.82, 2.24) is 14.9 Å². The van der Waals surface area contributed by atoms with E-state index in [1.165, 1.54) is 0 Å². The predicted molar refractivity (Wildman–Crippen MR) is 77.3 cm³/mol. The lowest BCUT2D eigenvalue weighted by atomic mass is 9.90. The second kappa shape index (κ2) is 5.36. The Kier molecular flexibility index (Phi) is 3.41. The van der Waals surface area contributed by atoms with Gasteiger partial charge in [-0.05, 0) is 18.1 Å². The molecule has 0 fully saturated rings. The molecule has 1 atom stereocenters. The van der Waals surface area contributed by atoms with Crippen molar-refractivity contribution in [1.29, 1.82) is 0 Å². The number of hydrogen-bond acceptors (Lipinski definition) is 3. The van der Waals surface area contributed by atoms with Gasteiger partial charge in [0.25, 0.3) is 0 Å². The summed E-state index contributed by atoms with van der Waals surface area (Å²) < 4.78 is 1.91. The Labute approximate surface area is 118 Å². The number of imidazole rings is 1. The summed E-state index contributed by atoms with van der Waals surface area (Å²) in [5.41, 5.74) is 2.15. The fourth-order valence-electron chi connectivity index (χ4n) is 2.60. The minimum Gasteiger partial charge on any atom is -0.385 e. The Balaban J connectivity index is 1.71. The number of nitrogens with zero attached hydrogens (tertiary/aromatic N) is 2. The maximum atomic E-state index is 12.4. The Bertz CT molecular complexity index is 620. The van der Waals surface area contributed by atoms with E-state index < -0.39 is 0 Å². The van der Waals surface area contributed by atoms with Gasteiger partial charge in [0.05, 0.1) is 12.5 Å². The van der Waals surface area contributed by atoms with Crippen molar-refractivity contribution in [2.24, 2.45) is 7.05 Å². The topological polar surface area (TPSA) is 59.0 Å². The molecule has 2 heterocycles. The molecule has 5 heteroatoms. The number of aromatic nitrogens is 2. The minimum atomic E-state index is -0.0762. The van der Waals surface area contributed by atoms with Crippen LogP contribution in [0.1, 0.15) is 23.7 Å². The van der Waals surface area contributed by atoms with E-state index in [1.807, 2.05) is 42.1 Å². The Morgan fingerprint density at radius 2 is 2.35 bits per heavy atom. The van der Waals surface area contributed by atoms with Gasteiger partial charge in [-0.25, -0.2) is 4.98 Å². The zero-order chi connectivity index (χ0) is 13.9. The Morgan fingerprint density at radius 1 is 1.50 bits per heavy atom. The van der Waals surface area contributed by atoms with Gasteiger partial charge in [0.2, 0.25) is 5.91 Å². The van der Waals surface area contributed by atoms with Gasteiger partial charge >= 0.3 is 0 Å². The predicted octanol–water partition coefficient (Wildman–Crippen LogP) is 1.64. The van der Waals surface area contributed by atoms with Crippen molar-refractivity contribution < 1.29 is 4.79 Å². The number of para-hydroxylation sites is 1. The van der Waals surface area contributed by atoms with Crippen LogP contribution < -0.4 is 10.6 Å². The zero-order valence-corrected chi connectivity index (χ0v) is 11.5. The molecular formula is C15H18N4O. The van der Waals surface area contributed by atoms with E-state index in [0.29, 0.717) is 6.54 Å². The second-order valence-corrected chi connectivity index (χ2v) is 5.03. The van der Waals surface area contributed by atoms with Gasteiger partial charge in [0.1, 0.15) is 5.82 Å². The lowest BCUT2D eigenvalue weighted by Crippen LogP contribution is -2.33. The maximum Gasteiger partial charge on any atom is 0.228 e.